The number of rotatable bonds is 4. The van der Waals surface area contributed by atoms with Gasteiger partial charge in [-0.05, 0) is 72.5 Å². The van der Waals surface area contributed by atoms with Crippen molar-refractivity contribution in [2.45, 2.75) is 31.8 Å². The number of hydrogen-bond donors (Lipinski definition) is 1. The molecule has 0 aromatic heterocycles. The number of nitrogens with one attached hydrogen (secondary N) is 1. The average Bonchev–Trinajstić information content (AvgIpc) is 2.40. The molecule has 0 radical (unpaired) electrons. The predicted octanol–water partition coefficient (Wildman–Crippen LogP) is 2.98. The van der Waals surface area contributed by atoms with Crippen molar-refractivity contribution in [2.24, 2.45) is 0 Å². The van der Waals surface area contributed by atoms with Crippen molar-refractivity contribution in [3.63, 3.8) is 0 Å². The van der Waals surface area contributed by atoms with Gasteiger partial charge in [0.25, 0.3) is 5.91 Å². The van der Waals surface area contributed by atoms with Gasteiger partial charge in [-0.3, -0.25) is 4.79 Å². The molecule has 1 saturated heterocycles. The Bertz CT molecular complexity index is 385. The zero-order chi connectivity index (χ0) is 12.8. The predicted molar refractivity (Wildman–Crippen MR) is 79.7 cm³/mol. The highest BCUT2D eigenvalue weighted by Crippen LogP contribution is 2.15. The second kappa shape index (κ2) is 7.09. The first-order valence-corrected chi connectivity index (χ1v) is 7.49. The molecular weight excluding hydrogens is 341 g/mol. The van der Waals surface area contributed by atoms with E-state index in [1.165, 1.54) is 12.8 Å². The molecule has 0 bridgehead atoms. The zero-order valence-electron chi connectivity index (χ0n) is 10.3. The van der Waals surface area contributed by atoms with Gasteiger partial charge in [-0.2, -0.15) is 0 Å². The summed E-state index contributed by atoms with van der Waals surface area (Å²) < 4.78 is 6.77. The first-order chi connectivity index (χ1) is 8.75. The third-order valence-corrected chi connectivity index (χ3v) is 3.85. The van der Waals surface area contributed by atoms with E-state index in [2.05, 4.69) is 27.9 Å². The molecule has 1 heterocycles. The molecule has 3 nitrogen and oxygen atoms in total. The van der Waals surface area contributed by atoms with Crippen LogP contribution in [0.2, 0.25) is 0 Å². The van der Waals surface area contributed by atoms with Gasteiger partial charge in [0.15, 0.2) is 0 Å². The third kappa shape index (κ3) is 4.24. The summed E-state index contributed by atoms with van der Waals surface area (Å²) in [6.07, 6.45) is 4.78. The van der Waals surface area contributed by atoms with Crippen molar-refractivity contribution < 1.29 is 9.53 Å². The standard InChI is InChI=1S/C14H18INO2/c15-12-6-4-11(5-7-12)14(17)16-9-8-13-3-1-2-10-18-13/h4-7,13H,1-3,8-10H2,(H,16,17). The fourth-order valence-electron chi connectivity index (χ4n) is 2.09. The van der Waals surface area contributed by atoms with E-state index in [-0.39, 0.29) is 5.91 Å². The van der Waals surface area contributed by atoms with Gasteiger partial charge in [0.2, 0.25) is 0 Å². The van der Waals surface area contributed by atoms with Crippen LogP contribution < -0.4 is 5.32 Å². The first kappa shape index (κ1) is 13.8. The van der Waals surface area contributed by atoms with E-state index in [0.717, 1.165) is 28.6 Å². The Morgan fingerprint density at radius 2 is 2.11 bits per heavy atom. The Hall–Kier alpha value is -0.620. The molecule has 1 unspecified atom stereocenters. The van der Waals surface area contributed by atoms with Gasteiger partial charge in [0, 0.05) is 22.3 Å². The number of ether oxygens (including phenoxy) is 1. The van der Waals surface area contributed by atoms with E-state index in [4.69, 9.17) is 4.74 Å². The van der Waals surface area contributed by atoms with Crippen LogP contribution in [0.4, 0.5) is 0 Å². The number of halogens is 1. The van der Waals surface area contributed by atoms with Crippen LogP contribution in [-0.4, -0.2) is 25.2 Å². The molecule has 1 aromatic carbocycles. The summed E-state index contributed by atoms with van der Waals surface area (Å²) in [6, 6.07) is 7.60. The normalized spacial score (nSPS) is 19.5. The maximum atomic E-state index is 11.8. The quantitative estimate of drug-likeness (QED) is 0.840. The largest absolute Gasteiger partial charge is 0.378 e. The second-order valence-corrected chi connectivity index (χ2v) is 5.79. The summed E-state index contributed by atoms with van der Waals surface area (Å²) in [5.74, 6) is 0.00205. The summed E-state index contributed by atoms with van der Waals surface area (Å²) in [6.45, 7) is 1.56. The van der Waals surface area contributed by atoms with Crippen molar-refractivity contribution in [1.29, 1.82) is 0 Å². The molecule has 0 saturated carbocycles. The molecule has 1 fully saturated rings. The minimum absolute atomic E-state index is 0.00205. The fourth-order valence-corrected chi connectivity index (χ4v) is 2.44. The van der Waals surface area contributed by atoms with Crippen LogP contribution in [0.3, 0.4) is 0 Å². The second-order valence-electron chi connectivity index (χ2n) is 4.54. The SMILES string of the molecule is O=C(NCCC1CCCCO1)c1ccc(I)cc1. The Labute approximate surface area is 121 Å². The van der Waals surface area contributed by atoms with Gasteiger partial charge in [0.05, 0.1) is 6.10 Å². The number of amides is 1. The monoisotopic (exact) mass is 359 g/mol. The van der Waals surface area contributed by atoms with E-state index in [1.807, 2.05) is 24.3 Å². The summed E-state index contributed by atoms with van der Waals surface area (Å²) in [4.78, 5) is 11.8. The lowest BCUT2D eigenvalue weighted by atomic mass is 10.1. The summed E-state index contributed by atoms with van der Waals surface area (Å²) in [5, 5.41) is 2.94. The van der Waals surface area contributed by atoms with Gasteiger partial charge in [-0.25, -0.2) is 0 Å². The Kier molecular flexibility index (Phi) is 5.44. The van der Waals surface area contributed by atoms with Crippen LogP contribution in [-0.2, 0) is 4.74 Å². The third-order valence-electron chi connectivity index (χ3n) is 3.13. The molecule has 0 spiro atoms. The van der Waals surface area contributed by atoms with Gasteiger partial charge in [-0.15, -0.1) is 0 Å². The summed E-state index contributed by atoms with van der Waals surface area (Å²) in [7, 11) is 0. The highest BCUT2D eigenvalue weighted by Gasteiger charge is 2.13. The molecule has 1 N–H and O–H groups in total. The Morgan fingerprint density at radius 3 is 2.78 bits per heavy atom. The van der Waals surface area contributed by atoms with Crippen molar-refractivity contribution in [3.05, 3.63) is 33.4 Å². The molecule has 18 heavy (non-hydrogen) atoms. The van der Waals surface area contributed by atoms with Gasteiger partial charge < -0.3 is 10.1 Å². The zero-order valence-corrected chi connectivity index (χ0v) is 12.5. The van der Waals surface area contributed by atoms with E-state index in [9.17, 15) is 4.79 Å². The van der Waals surface area contributed by atoms with Crippen LogP contribution in [0.25, 0.3) is 0 Å². The van der Waals surface area contributed by atoms with Crippen molar-refractivity contribution in [3.8, 4) is 0 Å². The fraction of sp³-hybridized carbons (Fsp3) is 0.500. The van der Waals surface area contributed by atoms with Gasteiger partial charge >= 0.3 is 0 Å². The molecule has 4 heteroatoms. The summed E-state index contributed by atoms with van der Waals surface area (Å²) >= 11 is 2.23. The first-order valence-electron chi connectivity index (χ1n) is 6.41. The Balaban J connectivity index is 1.72. The van der Waals surface area contributed by atoms with Crippen LogP contribution >= 0.6 is 22.6 Å². The molecule has 98 valence electrons. The lowest BCUT2D eigenvalue weighted by Gasteiger charge is -2.22. The molecule has 1 aliphatic heterocycles. The molecule has 1 amide bonds. The van der Waals surface area contributed by atoms with Crippen LogP contribution in [0, 0.1) is 3.57 Å². The van der Waals surface area contributed by atoms with Crippen molar-refractivity contribution in [2.75, 3.05) is 13.2 Å². The highest BCUT2D eigenvalue weighted by molar-refractivity contribution is 14.1. The van der Waals surface area contributed by atoms with Crippen molar-refractivity contribution >= 4 is 28.5 Å². The molecule has 1 aliphatic rings. The number of benzene rings is 1. The lowest BCUT2D eigenvalue weighted by Crippen LogP contribution is -2.29. The van der Waals surface area contributed by atoms with Gasteiger partial charge in [-0.1, -0.05) is 0 Å². The highest BCUT2D eigenvalue weighted by atomic mass is 127. The van der Waals surface area contributed by atoms with E-state index in [0.29, 0.717) is 12.6 Å². The maximum Gasteiger partial charge on any atom is 0.251 e. The molecule has 2 rings (SSSR count). The number of carbonyl (C=O) groups excluding carboxylic acids is 1. The number of carbonyl (C=O) groups is 1. The van der Waals surface area contributed by atoms with Crippen molar-refractivity contribution in [1.82, 2.24) is 5.32 Å². The molecule has 1 aromatic rings. The van der Waals surface area contributed by atoms with E-state index < -0.39 is 0 Å². The smallest absolute Gasteiger partial charge is 0.251 e. The van der Waals surface area contributed by atoms with Crippen LogP contribution in [0.1, 0.15) is 36.0 Å². The Morgan fingerprint density at radius 1 is 1.33 bits per heavy atom. The minimum Gasteiger partial charge on any atom is -0.378 e. The molecule has 0 aliphatic carbocycles. The molecule has 1 atom stereocenters. The van der Waals surface area contributed by atoms with Crippen LogP contribution in [0.15, 0.2) is 24.3 Å². The minimum atomic E-state index is 0.00205. The topological polar surface area (TPSA) is 38.3 Å². The number of hydrogen-bond acceptors (Lipinski definition) is 2. The van der Waals surface area contributed by atoms with Crippen LogP contribution in [0.5, 0.6) is 0 Å². The van der Waals surface area contributed by atoms with E-state index >= 15 is 0 Å². The average molecular weight is 359 g/mol. The van der Waals surface area contributed by atoms with Gasteiger partial charge in [0.1, 0.15) is 0 Å². The lowest BCUT2D eigenvalue weighted by molar-refractivity contribution is 0.0117. The maximum absolute atomic E-state index is 11.8. The van der Waals surface area contributed by atoms with E-state index in [1.54, 1.807) is 0 Å². The summed E-state index contributed by atoms with van der Waals surface area (Å²) in [5.41, 5.74) is 0.722. The molecular formula is C14H18INO2.